The van der Waals surface area contributed by atoms with Gasteiger partial charge in [0.2, 0.25) is 0 Å². The van der Waals surface area contributed by atoms with Gasteiger partial charge in [-0.25, -0.2) is 0 Å². The number of unbranched alkanes of at least 4 members (excludes halogenated alkanes) is 4. The lowest BCUT2D eigenvalue weighted by Gasteiger charge is -2.14. The molecule has 0 rings (SSSR count). The maximum absolute atomic E-state index is 12.5. The van der Waals surface area contributed by atoms with Gasteiger partial charge >= 0.3 is 11.9 Å². The summed E-state index contributed by atoms with van der Waals surface area (Å²) >= 11 is 0. The van der Waals surface area contributed by atoms with Gasteiger partial charge in [0.05, 0.1) is 0 Å². The number of allylic oxidation sites excluding steroid dienone is 15. The summed E-state index contributed by atoms with van der Waals surface area (Å²) in [5.41, 5.74) is 0. The zero-order chi connectivity index (χ0) is 30.8. The molecule has 0 saturated carbocycles. The van der Waals surface area contributed by atoms with E-state index in [1.54, 1.807) is 0 Å². The lowest BCUT2D eigenvalue weighted by Crippen LogP contribution is -2.16. The van der Waals surface area contributed by atoms with Crippen LogP contribution in [0.5, 0.6) is 0 Å². The van der Waals surface area contributed by atoms with Crippen LogP contribution in [0.4, 0.5) is 0 Å². The number of carbonyl (C=O) groups is 2. The molecule has 0 spiro atoms. The van der Waals surface area contributed by atoms with Crippen LogP contribution < -0.4 is 0 Å². The van der Waals surface area contributed by atoms with Crippen molar-refractivity contribution in [3.05, 3.63) is 97.2 Å². The number of carbonyl (C=O) groups excluding carboxylic acids is 1. The third-order valence-electron chi connectivity index (χ3n) is 6.30. The first-order valence-electron chi connectivity index (χ1n) is 16.2. The van der Waals surface area contributed by atoms with Gasteiger partial charge in [0.1, 0.15) is 6.10 Å². The predicted molar refractivity (Wildman–Crippen MR) is 180 cm³/mol. The van der Waals surface area contributed by atoms with Crippen molar-refractivity contribution in [2.75, 3.05) is 0 Å². The Balaban J connectivity index is 4.44. The van der Waals surface area contributed by atoms with Gasteiger partial charge in [-0.2, -0.15) is 0 Å². The van der Waals surface area contributed by atoms with Crippen LogP contribution in [0, 0.1) is 0 Å². The van der Waals surface area contributed by atoms with E-state index in [-0.39, 0.29) is 18.5 Å². The van der Waals surface area contributed by atoms with Crippen LogP contribution in [-0.4, -0.2) is 23.1 Å². The summed E-state index contributed by atoms with van der Waals surface area (Å²) in [6, 6.07) is 0. The van der Waals surface area contributed by atoms with Gasteiger partial charge in [0.25, 0.3) is 0 Å². The standard InChI is InChI=1S/C38H58O4/c1-3-5-7-9-11-13-15-16-18-20-22-27-31-35-38(41)42-36(33-29-25-23-26-30-34-37(39)40)32-28-24-21-19-17-14-12-10-8-6-4-2/h5-8,11-14,16,18-19,21-22,27-28,32,36H,3-4,9-10,15,17,20,23-26,29-31,33-35H2,1-2H3,(H,39,40)/b7-5-,8-6-,13-11-,14-12-,18-16-,21-19-,27-22-,32-28-. The number of rotatable bonds is 27. The number of hydrogen-bond donors (Lipinski definition) is 1. The highest BCUT2D eigenvalue weighted by atomic mass is 16.5. The molecule has 4 heteroatoms. The molecule has 1 unspecified atom stereocenters. The Hall–Kier alpha value is -3.14. The fraction of sp³-hybridized carbons (Fsp3) is 0.526. The number of esters is 1. The van der Waals surface area contributed by atoms with Crippen LogP contribution >= 0.6 is 0 Å². The first-order valence-corrected chi connectivity index (χ1v) is 16.2. The summed E-state index contributed by atoms with van der Waals surface area (Å²) in [5.74, 6) is -0.891. The van der Waals surface area contributed by atoms with Gasteiger partial charge in [-0.3, -0.25) is 9.59 Å². The zero-order valence-electron chi connectivity index (χ0n) is 26.5. The predicted octanol–water partition coefficient (Wildman–Crippen LogP) is 11.1. The number of hydrogen-bond acceptors (Lipinski definition) is 3. The summed E-state index contributed by atoms with van der Waals surface area (Å²) < 4.78 is 5.80. The molecule has 0 fully saturated rings. The van der Waals surface area contributed by atoms with E-state index >= 15 is 0 Å². The second-order valence-corrected chi connectivity index (χ2v) is 10.2. The van der Waals surface area contributed by atoms with Gasteiger partial charge in [-0.1, -0.05) is 124 Å². The Morgan fingerprint density at radius 3 is 1.48 bits per heavy atom. The summed E-state index contributed by atoms with van der Waals surface area (Å²) in [4.78, 5) is 23.2. The lowest BCUT2D eigenvalue weighted by molar-refractivity contribution is -0.147. The summed E-state index contributed by atoms with van der Waals surface area (Å²) in [6.45, 7) is 4.28. The Bertz CT molecular complexity index is 883. The van der Waals surface area contributed by atoms with Crippen molar-refractivity contribution in [1.82, 2.24) is 0 Å². The molecule has 0 aromatic heterocycles. The molecule has 0 radical (unpaired) electrons. The number of ether oxygens (including phenoxy) is 1. The molecule has 0 aliphatic carbocycles. The van der Waals surface area contributed by atoms with Crippen LogP contribution in [-0.2, 0) is 14.3 Å². The van der Waals surface area contributed by atoms with Gasteiger partial charge in [-0.05, 0) is 83.1 Å². The van der Waals surface area contributed by atoms with Crippen LogP contribution in [0.1, 0.15) is 123 Å². The summed E-state index contributed by atoms with van der Waals surface area (Å²) in [5, 5.41) is 8.77. The molecule has 0 aromatic rings. The Morgan fingerprint density at radius 1 is 0.548 bits per heavy atom. The zero-order valence-corrected chi connectivity index (χ0v) is 26.5. The first kappa shape index (κ1) is 38.9. The smallest absolute Gasteiger partial charge is 0.306 e. The van der Waals surface area contributed by atoms with Crippen molar-refractivity contribution < 1.29 is 19.4 Å². The molecule has 0 amide bonds. The van der Waals surface area contributed by atoms with E-state index < -0.39 is 5.97 Å². The molecule has 0 heterocycles. The molecule has 0 aliphatic rings. The molecule has 1 atom stereocenters. The summed E-state index contributed by atoms with van der Waals surface area (Å²) in [7, 11) is 0. The van der Waals surface area contributed by atoms with Crippen molar-refractivity contribution in [3.63, 3.8) is 0 Å². The summed E-state index contributed by atoms with van der Waals surface area (Å²) in [6.07, 6.45) is 48.5. The van der Waals surface area contributed by atoms with Gasteiger partial charge in [-0.15, -0.1) is 0 Å². The number of carboxylic acids is 1. The second kappa shape index (κ2) is 32.4. The molecule has 0 bridgehead atoms. The Morgan fingerprint density at radius 2 is 0.976 bits per heavy atom. The average molecular weight is 579 g/mol. The molecular formula is C38H58O4. The van der Waals surface area contributed by atoms with Crippen molar-refractivity contribution in [2.45, 2.75) is 129 Å². The molecule has 0 aliphatic heterocycles. The normalized spacial score (nSPS) is 13.6. The van der Waals surface area contributed by atoms with E-state index in [9.17, 15) is 9.59 Å². The molecule has 4 nitrogen and oxygen atoms in total. The second-order valence-electron chi connectivity index (χ2n) is 10.2. The lowest BCUT2D eigenvalue weighted by atomic mass is 10.1. The highest BCUT2D eigenvalue weighted by Crippen LogP contribution is 2.13. The molecule has 234 valence electrons. The van der Waals surface area contributed by atoms with E-state index in [1.807, 2.05) is 6.08 Å². The van der Waals surface area contributed by atoms with Crippen LogP contribution in [0.15, 0.2) is 97.2 Å². The number of carboxylic acid groups (broad SMARTS) is 1. The van der Waals surface area contributed by atoms with E-state index in [4.69, 9.17) is 9.84 Å². The number of aliphatic carboxylic acids is 1. The van der Waals surface area contributed by atoms with Crippen LogP contribution in [0.3, 0.4) is 0 Å². The van der Waals surface area contributed by atoms with E-state index in [0.29, 0.717) is 12.8 Å². The fourth-order valence-electron chi connectivity index (χ4n) is 3.99. The molecule has 0 saturated heterocycles. The third-order valence-corrected chi connectivity index (χ3v) is 6.30. The minimum atomic E-state index is -0.730. The van der Waals surface area contributed by atoms with Crippen molar-refractivity contribution in [2.24, 2.45) is 0 Å². The maximum atomic E-state index is 12.5. The average Bonchev–Trinajstić information content (AvgIpc) is 2.97. The molecule has 42 heavy (non-hydrogen) atoms. The largest absolute Gasteiger partial charge is 0.481 e. The SMILES string of the molecule is CC/C=C\C/C=C\C/C=C\C/C=C\CCC(=O)OC(/C=C\C/C=C\C/C=C\C/C=C\CC)CCCCCCCC(=O)O. The van der Waals surface area contributed by atoms with Gasteiger partial charge in [0.15, 0.2) is 0 Å². The highest BCUT2D eigenvalue weighted by Gasteiger charge is 2.11. The van der Waals surface area contributed by atoms with Crippen molar-refractivity contribution >= 4 is 11.9 Å². The van der Waals surface area contributed by atoms with Crippen LogP contribution in [0.2, 0.25) is 0 Å². The molecule has 1 N–H and O–H groups in total. The maximum Gasteiger partial charge on any atom is 0.306 e. The van der Waals surface area contributed by atoms with E-state index in [2.05, 4.69) is 105 Å². The Labute approximate surface area is 257 Å². The monoisotopic (exact) mass is 578 g/mol. The highest BCUT2D eigenvalue weighted by molar-refractivity contribution is 5.69. The third kappa shape index (κ3) is 31.4. The fourth-order valence-corrected chi connectivity index (χ4v) is 3.99. The van der Waals surface area contributed by atoms with Crippen LogP contribution in [0.25, 0.3) is 0 Å². The first-order chi connectivity index (χ1) is 20.6. The van der Waals surface area contributed by atoms with Crippen molar-refractivity contribution in [3.8, 4) is 0 Å². The van der Waals surface area contributed by atoms with Gasteiger partial charge < -0.3 is 9.84 Å². The van der Waals surface area contributed by atoms with Crippen molar-refractivity contribution in [1.29, 1.82) is 0 Å². The molecule has 0 aromatic carbocycles. The van der Waals surface area contributed by atoms with Gasteiger partial charge in [0, 0.05) is 12.8 Å². The quantitative estimate of drug-likeness (QED) is 0.0598. The Kier molecular flexibility index (Phi) is 30.0. The minimum Gasteiger partial charge on any atom is -0.481 e. The molecular weight excluding hydrogens is 520 g/mol. The topological polar surface area (TPSA) is 63.6 Å². The minimum absolute atomic E-state index is 0.161. The van der Waals surface area contributed by atoms with E-state index in [0.717, 1.165) is 89.9 Å². The van der Waals surface area contributed by atoms with E-state index in [1.165, 1.54) is 0 Å².